The van der Waals surface area contributed by atoms with Gasteiger partial charge in [-0.2, -0.15) is 0 Å². The third kappa shape index (κ3) is 3.02. The first kappa shape index (κ1) is 11.5. The van der Waals surface area contributed by atoms with E-state index in [1.807, 2.05) is 10.9 Å². The maximum Gasteiger partial charge on any atom is 0.0692 e. The average Bonchev–Trinajstić information content (AvgIpc) is 2.87. The van der Waals surface area contributed by atoms with Gasteiger partial charge in [0, 0.05) is 31.4 Å². The first-order valence-electron chi connectivity index (χ1n) is 6.07. The van der Waals surface area contributed by atoms with Crippen molar-refractivity contribution in [2.24, 2.45) is 0 Å². The molecule has 2 heterocycles. The van der Waals surface area contributed by atoms with E-state index in [2.05, 4.69) is 34.4 Å². The van der Waals surface area contributed by atoms with Crippen LogP contribution in [0.2, 0.25) is 0 Å². The minimum atomic E-state index is 0.644. The van der Waals surface area contributed by atoms with Crippen molar-refractivity contribution in [2.45, 2.75) is 38.9 Å². The van der Waals surface area contributed by atoms with Crippen LogP contribution in [0.4, 0.5) is 0 Å². The molecule has 0 aromatic carbocycles. The first-order chi connectivity index (χ1) is 7.75. The van der Waals surface area contributed by atoms with Gasteiger partial charge in [0.2, 0.25) is 0 Å². The van der Waals surface area contributed by atoms with Crippen molar-refractivity contribution in [3.05, 3.63) is 12.4 Å². The molecule has 16 heavy (non-hydrogen) atoms. The Kier molecular flexibility index (Phi) is 3.90. The fourth-order valence-corrected chi connectivity index (χ4v) is 2.16. The summed E-state index contributed by atoms with van der Waals surface area (Å²) in [5.74, 6) is 0. The van der Waals surface area contributed by atoms with E-state index in [-0.39, 0.29) is 0 Å². The van der Waals surface area contributed by atoms with E-state index in [0.29, 0.717) is 12.1 Å². The molecule has 0 bridgehead atoms. The highest BCUT2D eigenvalue weighted by atomic mass is 15.4. The largest absolute Gasteiger partial charge is 0.311 e. The van der Waals surface area contributed by atoms with E-state index in [4.69, 9.17) is 0 Å². The maximum atomic E-state index is 3.94. The van der Waals surface area contributed by atoms with Crippen molar-refractivity contribution in [1.29, 1.82) is 0 Å². The highest BCUT2D eigenvalue weighted by molar-refractivity contribution is 4.82. The van der Waals surface area contributed by atoms with E-state index < -0.39 is 0 Å². The van der Waals surface area contributed by atoms with Gasteiger partial charge in [-0.15, -0.1) is 5.10 Å². The fraction of sp³-hybridized carbons (Fsp3) is 0.818. The number of aromatic nitrogens is 3. The van der Waals surface area contributed by atoms with E-state index in [9.17, 15) is 0 Å². The number of nitrogens with one attached hydrogen (secondary N) is 1. The Morgan fingerprint density at radius 2 is 2.38 bits per heavy atom. The average molecular weight is 223 g/mol. The van der Waals surface area contributed by atoms with Crippen molar-refractivity contribution >= 4 is 0 Å². The molecule has 1 aliphatic heterocycles. The minimum Gasteiger partial charge on any atom is -0.311 e. The van der Waals surface area contributed by atoms with Gasteiger partial charge in [0.05, 0.1) is 12.7 Å². The van der Waals surface area contributed by atoms with Crippen LogP contribution in [-0.4, -0.2) is 51.6 Å². The minimum absolute atomic E-state index is 0.644. The Hall–Kier alpha value is -0.940. The summed E-state index contributed by atoms with van der Waals surface area (Å²) in [4.78, 5) is 2.52. The number of hydrogen-bond acceptors (Lipinski definition) is 4. The normalized spacial score (nSPS) is 22.1. The molecule has 5 nitrogen and oxygen atoms in total. The van der Waals surface area contributed by atoms with Gasteiger partial charge >= 0.3 is 0 Å². The summed E-state index contributed by atoms with van der Waals surface area (Å²) < 4.78 is 1.86. The molecule has 1 atom stereocenters. The Morgan fingerprint density at radius 1 is 1.50 bits per heavy atom. The van der Waals surface area contributed by atoms with Crippen LogP contribution in [-0.2, 0) is 6.54 Å². The molecular weight excluding hydrogens is 202 g/mol. The highest BCUT2D eigenvalue weighted by Gasteiger charge is 2.23. The van der Waals surface area contributed by atoms with Crippen LogP contribution in [0.1, 0.15) is 20.3 Å². The predicted molar refractivity (Wildman–Crippen MR) is 63.1 cm³/mol. The highest BCUT2D eigenvalue weighted by Crippen LogP contribution is 2.11. The summed E-state index contributed by atoms with van der Waals surface area (Å²) in [7, 11) is 0. The van der Waals surface area contributed by atoms with Crippen LogP contribution in [0.25, 0.3) is 0 Å². The maximum absolute atomic E-state index is 3.94. The van der Waals surface area contributed by atoms with E-state index in [1.54, 1.807) is 6.20 Å². The zero-order valence-electron chi connectivity index (χ0n) is 10.1. The van der Waals surface area contributed by atoms with Crippen LogP contribution in [0.15, 0.2) is 12.4 Å². The molecule has 1 fully saturated rings. The first-order valence-corrected chi connectivity index (χ1v) is 6.07. The van der Waals surface area contributed by atoms with Crippen LogP contribution < -0.4 is 5.32 Å². The molecule has 0 saturated carbocycles. The Bertz CT molecular complexity index is 295. The summed E-state index contributed by atoms with van der Waals surface area (Å²) in [5, 5.41) is 11.3. The second kappa shape index (κ2) is 5.41. The molecule has 1 saturated heterocycles. The second-order valence-electron chi connectivity index (χ2n) is 4.69. The Morgan fingerprint density at radius 3 is 3.00 bits per heavy atom. The van der Waals surface area contributed by atoms with Crippen molar-refractivity contribution in [3.8, 4) is 0 Å². The van der Waals surface area contributed by atoms with Crippen molar-refractivity contribution < 1.29 is 0 Å². The molecule has 0 radical (unpaired) electrons. The zero-order chi connectivity index (χ0) is 11.4. The lowest BCUT2D eigenvalue weighted by molar-refractivity contribution is 0.268. The molecule has 1 N–H and O–H groups in total. The SMILES string of the molecule is CC(C)N1CCC(NCCn2ccnn2)C1. The van der Waals surface area contributed by atoms with Gasteiger partial charge in [0.15, 0.2) is 0 Å². The van der Waals surface area contributed by atoms with E-state index in [1.165, 1.54) is 19.5 Å². The topological polar surface area (TPSA) is 46.0 Å². The number of likely N-dealkylation sites (tertiary alicyclic amines) is 1. The van der Waals surface area contributed by atoms with Crippen LogP contribution in [0, 0.1) is 0 Å². The lowest BCUT2D eigenvalue weighted by atomic mass is 10.2. The van der Waals surface area contributed by atoms with Gasteiger partial charge in [0.25, 0.3) is 0 Å². The molecule has 0 amide bonds. The van der Waals surface area contributed by atoms with Gasteiger partial charge in [-0.25, -0.2) is 0 Å². The van der Waals surface area contributed by atoms with Gasteiger partial charge in [-0.05, 0) is 26.8 Å². The van der Waals surface area contributed by atoms with Gasteiger partial charge < -0.3 is 5.32 Å². The molecule has 0 spiro atoms. The molecule has 1 aliphatic rings. The summed E-state index contributed by atoms with van der Waals surface area (Å²) in [6.07, 6.45) is 4.88. The van der Waals surface area contributed by atoms with Crippen LogP contribution in [0.3, 0.4) is 0 Å². The number of nitrogens with zero attached hydrogens (tertiary/aromatic N) is 4. The predicted octanol–water partition coefficient (Wildman–Crippen LogP) is 0.350. The molecule has 5 heteroatoms. The van der Waals surface area contributed by atoms with Gasteiger partial charge in [0.1, 0.15) is 0 Å². The lowest BCUT2D eigenvalue weighted by Crippen LogP contribution is -2.36. The third-order valence-electron chi connectivity index (χ3n) is 3.20. The zero-order valence-corrected chi connectivity index (χ0v) is 10.1. The smallest absolute Gasteiger partial charge is 0.0692 e. The molecule has 2 rings (SSSR count). The van der Waals surface area contributed by atoms with Crippen molar-refractivity contribution in [2.75, 3.05) is 19.6 Å². The lowest BCUT2D eigenvalue weighted by Gasteiger charge is -2.20. The third-order valence-corrected chi connectivity index (χ3v) is 3.20. The molecule has 1 unspecified atom stereocenters. The summed E-state index contributed by atoms with van der Waals surface area (Å²) in [5.41, 5.74) is 0. The molecule has 90 valence electrons. The number of hydrogen-bond donors (Lipinski definition) is 1. The molecule has 1 aromatic rings. The van der Waals surface area contributed by atoms with E-state index >= 15 is 0 Å². The quantitative estimate of drug-likeness (QED) is 0.782. The van der Waals surface area contributed by atoms with Gasteiger partial charge in [-0.3, -0.25) is 9.58 Å². The summed E-state index contributed by atoms with van der Waals surface area (Å²) in [6.45, 7) is 8.79. The molecular formula is C11H21N5. The van der Waals surface area contributed by atoms with Crippen molar-refractivity contribution in [3.63, 3.8) is 0 Å². The van der Waals surface area contributed by atoms with Crippen LogP contribution >= 0.6 is 0 Å². The summed E-state index contributed by atoms with van der Waals surface area (Å²) >= 11 is 0. The van der Waals surface area contributed by atoms with Gasteiger partial charge in [-0.1, -0.05) is 5.21 Å². The monoisotopic (exact) mass is 223 g/mol. The standard InChI is InChI=1S/C11H21N5/c1-10(2)15-6-3-11(9-15)12-4-7-16-8-5-13-14-16/h5,8,10-12H,3-4,6-7,9H2,1-2H3. The second-order valence-corrected chi connectivity index (χ2v) is 4.69. The fourth-order valence-electron chi connectivity index (χ4n) is 2.16. The Labute approximate surface area is 96.8 Å². The molecule has 0 aliphatic carbocycles. The van der Waals surface area contributed by atoms with Crippen molar-refractivity contribution in [1.82, 2.24) is 25.2 Å². The Balaban J connectivity index is 1.64. The molecule has 1 aromatic heterocycles. The van der Waals surface area contributed by atoms with Crippen LogP contribution in [0.5, 0.6) is 0 Å². The summed E-state index contributed by atoms with van der Waals surface area (Å²) in [6, 6.07) is 1.31. The number of rotatable bonds is 5. The van der Waals surface area contributed by atoms with E-state index in [0.717, 1.165) is 13.1 Å².